The maximum absolute atomic E-state index is 11.7. The molecule has 0 spiro atoms. The summed E-state index contributed by atoms with van der Waals surface area (Å²) in [5.74, 6) is -0.116. The summed E-state index contributed by atoms with van der Waals surface area (Å²) < 4.78 is 10.4. The molecule has 0 aliphatic heterocycles. The van der Waals surface area contributed by atoms with Crippen LogP contribution in [0, 0.1) is 0 Å². The summed E-state index contributed by atoms with van der Waals surface area (Å²) in [6.07, 6.45) is 19.7. The SMILES string of the molecule is CCCCCCCCCCCOC(=O)CCCCCCCCC(=O)OCCC. The van der Waals surface area contributed by atoms with E-state index in [1.807, 2.05) is 6.92 Å². The van der Waals surface area contributed by atoms with Gasteiger partial charge in [0, 0.05) is 12.8 Å². The van der Waals surface area contributed by atoms with Crippen LogP contribution in [0.15, 0.2) is 0 Å². The highest BCUT2D eigenvalue weighted by Crippen LogP contribution is 2.11. The molecule has 0 N–H and O–H groups in total. The Bertz CT molecular complexity index is 355. The van der Waals surface area contributed by atoms with Crippen LogP contribution in [0.2, 0.25) is 0 Å². The highest BCUT2D eigenvalue weighted by molar-refractivity contribution is 5.69. The van der Waals surface area contributed by atoms with Crippen molar-refractivity contribution >= 4 is 11.9 Å². The van der Waals surface area contributed by atoms with Crippen LogP contribution in [0.4, 0.5) is 0 Å². The number of esters is 2. The maximum atomic E-state index is 11.7. The molecule has 28 heavy (non-hydrogen) atoms. The topological polar surface area (TPSA) is 52.6 Å². The highest BCUT2D eigenvalue weighted by Gasteiger charge is 2.04. The Morgan fingerprint density at radius 2 is 0.857 bits per heavy atom. The largest absolute Gasteiger partial charge is 0.466 e. The molecule has 0 aliphatic rings. The molecular formula is C24H46O4. The Labute approximate surface area is 174 Å². The molecule has 166 valence electrons. The molecule has 0 saturated carbocycles. The van der Waals surface area contributed by atoms with E-state index in [9.17, 15) is 9.59 Å². The zero-order chi connectivity index (χ0) is 20.7. The average Bonchev–Trinajstić information content (AvgIpc) is 2.69. The monoisotopic (exact) mass is 398 g/mol. The summed E-state index contributed by atoms with van der Waals surface area (Å²) >= 11 is 0. The quantitative estimate of drug-likeness (QED) is 0.152. The molecule has 0 saturated heterocycles. The molecule has 4 heteroatoms. The molecule has 0 bridgehead atoms. The lowest BCUT2D eigenvalue weighted by atomic mass is 10.1. The summed E-state index contributed by atoms with van der Waals surface area (Å²) in [5.41, 5.74) is 0. The van der Waals surface area contributed by atoms with Crippen molar-refractivity contribution in [2.45, 2.75) is 129 Å². The van der Waals surface area contributed by atoms with Gasteiger partial charge in [0.1, 0.15) is 0 Å². The normalized spacial score (nSPS) is 10.8. The van der Waals surface area contributed by atoms with Crippen LogP contribution in [0.25, 0.3) is 0 Å². The first-order valence-electron chi connectivity index (χ1n) is 12.0. The minimum absolute atomic E-state index is 0.0433. The van der Waals surface area contributed by atoms with Crippen molar-refractivity contribution in [1.29, 1.82) is 0 Å². The predicted molar refractivity (Wildman–Crippen MR) is 116 cm³/mol. The molecule has 0 atom stereocenters. The summed E-state index contributed by atoms with van der Waals surface area (Å²) in [6.45, 7) is 5.37. The van der Waals surface area contributed by atoms with E-state index in [2.05, 4.69) is 6.92 Å². The van der Waals surface area contributed by atoms with Gasteiger partial charge in [-0.15, -0.1) is 0 Å². The van der Waals surface area contributed by atoms with E-state index >= 15 is 0 Å². The predicted octanol–water partition coefficient (Wildman–Crippen LogP) is 7.13. The van der Waals surface area contributed by atoms with Gasteiger partial charge < -0.3 is 9.47 Å². The third kappa shape index (κ3) is 21.2. The van der Waals surface area contributed by atoms with Crippen LogP contribution in [0.5, 0.6) is 0 Å². The van der Waals surface area contributed by atoms with Crippen LogP contribution in [-0.2, 0) is 19.1 Å². The second kappa shape index (κ2) is 22.2. The molecule has 0 aliphatic carbocycles. The van der Waals surface area contributed by atoms with Gasteiger partial charge in [0.25, 0.3) is 0 Å². The first kappa shape index (κ1) is 26.9. The van der Waals surface area contributed by atoms with Gasteiger partial charge in [0.15, 0.2) is 0 Å². The minimum Gasteiger partial charge on any atom is -0.466 e. The zero-order valence-corrected chi connectivity index (χ0v) is 18.8. The average molecular weight is 399 g/mol. The molecule has 0 amide bonds. The Morgan fingerprint density at radius 3 is 1.32 bits per heavy atom. The number of hydrogen-bond donors (Lipinski definition) is 0. The van der Waals surface area contributed by atoms with E-state index in [0.717, 1.165) is 51.4 Å². The summed E-state index contributed by atoms with van der Waals surface area (Å²) in [5, 5.41) is 0. The zero-order valence-electron chi connectivity index (χ0n) is 18.8. The first-order valence-corrected chi connectivity index (χ1v) is 12.0. The van der Waals surface area contributed by atoms with Crippen molar-refractivity contribution in [3.63, 3.8) is 0 Å². The molecule has 0 heterocycles. The van der Waals surface area contributed by atoms with Crippen molar-refractivity contribution in [3.05, 3.63) is 0 Å². The van der Waals surface area contributed by atoms with Crippen molar-refractivity contribution in [2.24, 2.45) is 0 Å². The molecule has 0 aromatic carbocycles. The maximum Gasteiger partial charge on any atom is 0.305 e. The Hall–Kier alpha value is -1.06. The van der Waals surface area contributed by atoms with Gasteiger partial charge in [-0.05, 0) is 25.7 Å². The molecule has 0 radical (unpaired) electrons. The lowest BCUT2D eigenvalue weighted by Gasteiger charge is -2.06. The number of unbranched alkanes of at least 4 members (excludes halogenated alkanes) is 13. The third-order valence-electron chi connectivity index (χ3n) is 4.99. The summed E-state index contributed by atoms with van der Waals surface area (Å²) in [4.78, 5) is 23.0. The minimum atomic E-state index is -0.0726. The van der Waals surface area contributed by atoms with Crippen molar-refractivity contribution in [2.75, 3.05) is 13.2 Å². The van der Waals surface area contributed by atoms with E-state index in [4.69, 9.17) is 9.47 Å². The Kier molecular flexibility index (Phi) is 21.4. The molecule has 0 unspecified atom stereocenters. The van der Waals surface area contributed by atoms with Crippen LogP contribution >= 0.6 is 0 Å². The molecular weight excluding hydrogens is 352 g/mol. The number of hydrogen-bond acceptors (Lipinski definition) is 4. The van der Waals surface area contributed by atoms with Gasteiger partial charge in [0.2, 0.25) is 0 Å². The first-order chi connectivity index (χ1) is 13.7. The van der Waals surface area contributed by atoms with E-state index in [1.165, 1.54) is 51.4 Å². The molecule has 0 fully saturated rings. The second-order valence-corrected chi connectivity index (χ2v) is 7.89. The number of rotatable bonds is 21. The number of carbonyl (C=O) groups excluding carboxylic acids is 2. The van der Waals surface area contributed by atoms with Crippen molar-refractivity contribution in [3.8, 4) is 0 Å². The van der Waals surface area contributed by atoms with Crippen LogP contribution in [0.1, 0.15) is 129 Å². The molecule has 0 aromatic heterocycles. The van der Waals surface area contributed by atoms with E-state index < -0.39 is 0 Å². The summed E-state index contributed by atoms with van der Waals surface area (Å²) in [6, 6.07) is 0. The van der Waals surface area contributed by atoms with Gasteiger partial charge in [-0.1, -0.05) is 90.9 Å². The molecule has 0 rings (SSSR count). The summed E-state index contributed by atoms with van der Waals surface area (Å²) in [7, 11) is 0. The lowest BCUT2D eigenvalue weighted by molar-refractivity contribution is -0.144. The molecule has 0 aromatic rings. The van der Waals surface area contributed by atoms with E-state index in [-0.39, 0.29) is 11.9 Å². The smallest absolute Gasteiger partial charge is 0.305 e. The highest BCUT2D eigenvalue weighted by atomic mass is 16.5. The van der Waals surface area contributed by atoms with Gasteiger partial charge in [-0.2, -0.15) is 0 Å². The van der Waals surface area contributed by atoms with E-state index in [0.29, 0.717) is 26.1 Å². The van der Waals surface area contributed by atoms with Gasteiger partial charge >= 0.3 is 11.9 Å². The van der Waals surface area contributed by atoms with E-state index in [1.54, 1.807) is 0 Å². The lowest BCUT2D eigenvalue weighted by Crippen LogP contribution is -2.05. The second-order valence-electron chi connectivity index (χ2n) is 7.89. The van der Waals surface area contributed by atoms with Crippen LogP contribution < -0.4 is 0 Å². The fraction of sp³-hybridized carbons (Fsp3) is 0.917. The Morgan fingerprint density at radius 1 is 0.464 bits per heavy atom. The Balaban J connectivity index is 3.22. The fourth-order valence-corrected chi connectivity index (χ4v) is 3.20. The van der Waals surface area contributed by atoms with Gasteiger partial charge in [0.05, 0.1) is 13.2 Å². The van der Waals surface area contributed by atoms with Gasteiger partial charge in [-0.3, -0.25) is 9.59 Å². The van der Waals surface area contributed by atoms with Crippen molar-refractivity contribution < 1.29 is 19.1 Å². The molecule has 4 nitrogen and oxygen atoms in total. The third-order valence-corrected chi connectivity index (χ3v) is 4.99. The standard InChI is InChI=1S/C24H46O4/c1-3-5-6-7-8-9-12-15-18-22-28-24(26)20-17-14-11-10-13-16-19-23(25)27-21-4-2/h3-22H2,1-2H3. The number of carbonyl (C=O) groups is 2. The fourth-order valence-electron chi connectivity index (χ4n) is 3.20. The van der Waals surface area contributed by atoms with Crippen LogP contribution in [-0.4, -0.2) is 25.2 Å². The number of ether oxygens (including phenoxy) is 2. The van der Waals surface area contributed by atoms with Crippen LogP contribution in [0.3, 0.4) is 0 Å². The van der Waals surface area contributed by atoms with Crippen molar-refractivity contribution in [1.82, 2.24) is 0 Å². The van der Waals surface area contributed by atoms with Gasteiger partial charge in [-0.25, -0.2) is 0 Å².